The van der Waals surface area contributed by atoms with Crippen molar-refractivity contribution < 1.29 is 18.1 Å². The van der Waals surface area contributed by atoms with Gasteiger partial charge in [-0.2, -0.15) is 0 Å². The Balaban J connectivity index is 0. The van der Waals surface area contributed by atoms with E-state index in [2.05, 4.69) is 13.6 Å². The molecule has 0 aliphatic heterocycles. The molecule has 0 aromatic carbocycles. The molecule has 6 heteroatoms. The van der Waals surface area contributed by atoms with Crippen LogP contribution in [0.4, 0.5) is 0 Å². The minimum Gasteiger partial charge on any atom is -0.290 e. The summed E-state index contributed by atoms with van der Waals surface area (Å²) in [5, 5.41) is 0. The van der Waals surface area contributed by atoms with E-state index in [1.165, 1.54) is 21.3 Å². The first kappa shape index (κ1) is 12.6. The summed E-state index contributed by atoms with van der Waals surface area (Å²) in [4.78, 5) is 0. The van der Waals surface area contributed by atoms with Crippen molar-refractivity contribution in [2.75, 3.05) is 21.3 Å². The van der Waals surface area contributed by atoms with Crippen molar-refractivity contribution in [2.45, 2.75) is 0 Å². The fourth-order valence-electron chi connectivity index (χ4n) is 0.224. The largest absolute Gasteiger partial charge is 0.473 e. The molecule has 0 spiro atoms. The maximum atomic E-state index is 10.7. The molecule has 0 fully saturated rings. The second-order valence-electron chi connectivity index (χ2n) is 0.995. The van der Waals surface area contributed by atoms with Gasteiger partial charge in [0.1, 0.15) is 0 Å². The van der Waals surface area contributed by atoms with Gasteiger partial charge < -0.3 is 0 Å². The van der Waals surface area contributed by atoms with Gasteiger partial charge >= 0.3 is 7.82 Å². The number of hydrogen-bond acceptors (Lipinski definition) is 4. The van der Waals surface area contributed by atoms with E-state index in [4.69, 9.17) is 0 Å². The van der Waals surface area contributed by atoms with Crippen molar-refractivity contribution in [3.63, 3.8) is 0 Å². The molecule has 0 saturated heterocycles. The summed E-state index contributed by atoms with van der Waals surface area (Å²) in [7, 11) is 0.611. The van der Waals surface area contributed by atoms with Gasteiger partial charge in [-0.05, 0) is 0 Å². The Hall–Kier alpha value is 0.928. The van der Waals surface area contributed by atoms with Crippen LogP contribution in [-0.4, -0.2) is 45.8 Å². The maximum absolute atomic E-state index is 10.7. The first-order chi connectivity index (χ1) is 3.68. The molecule has 9 heavy (non-hydrogen) atoms. The summed E-state index contributed by atoms with van der Waals surface area (Å²) in [5.41, 5.74) is 0. The molecule has 0 N–H and O–H groups in total. The van der Waals surface area contributed by atoms with Gasteiger partial charge in [0.05, 0.1) is 0 Å². The second-order valence-corrected chi connectivity index (χ2v) is 2.98. The molecular weight excluding hydrogens is 253 g/mol. The van der Waals surface area contributed by atoms with E-state index < -0.39 is 7.82 Å². The van der Waals surface area contributed by atoms with Gasteiger partial charge in [0.25, 0.3) is 0 Å². The van der Waals surface area contributed by atoms with Gasteiger partial charge in [-0.15, -0.1) is 0 Å². The molecule has 0 aliphatic rings. The standard InChI is InChI=1S/C3H9O4P.Sb/c1-5-8(4,6-2)7-3;/h1-3H3;. The molecule has 0 atom stereocenters. The normalized spacial score (nSPS) is 10.6. The van der Waals surface area contributed by atoms with Crippen molar-refractivity contribution in [1.82, 2.24) is 0 Å². The van der Waals surface area contributed by atoms with Crippen LogP contribution >= 0.6 is 7.82 Å². The van der Waals surface area contributed by atoms with Crippen LogP contribution in [0.15, 0.2) is 0 Å². The van der Waals surface area contributed by atoms with Crippen LogP contribution in [-0.2, 0) is 18.1 Å². The molecule has 0 bridgehead atoms. The fourth-order valence-corrected chi connectivity index (χ4v) is 0.671. The van der Waals surface area contributed by atoms with E-state index in [1.54, 1.807) is 0 Å². The van der Waals surface area contributed by atoms with E-state index in [-0.39, 0.29) is 24.4 Å². The molecule has 55 valence electrons. The minimum atomic E-state index is -3.16. The Kier molecular flexibility index (Phi) is 7.96. The third-order valence-corrected chi connectivity index (χ3v) is 2.01. The smallest absolute Gasteiger partial charge is 0.290 e. The zero-order chi connectivity index (χ0) is 6.62. The van der Waals surface area contributed by atoms with Gasteiger partial charge in [0.15, 0.2) is 0 Å². The zero-order valence-corrected chi connectivity index (χ0v) is 8.97. The topological polar surface area (TPSA) is 44.8 Å². The number of hydrogen-bond donors (Lipinski definition) is 0. The maximum Gasteiger partial charge on any atom is 0.473 e. The van der Waals surface area contributed by atoms with E-state index in [1.807, 2.05) is 0 Å². The van der Waals surface area contributed by atoms with E-state index in [0.29, 0.717) is 0 Å². The van der Waals surface area contributed by atoms with Gasteiger partial charge in [-0.1, -0.05) is 0 Å². The Morgan fingerprint density at radius 1 is 1.00 bits per heavy atom. The molecular formula is C3H9O4PSb. The summed E-state index contributed by atoms with van der Waals surface area (Å²) >= 11 is 0. The molecule has 0 unspecified atom stereocenters. The summed E-state index contributed by atoms with van der Waals surface area (Å²) in [6, 6.07) is 0. The Morgan fingerprint density at radius 2 is 1.22 bits per heavy atom. The van der Waals surface area contributed by atoms with Gasteiger partial charge in [0.2, 0.25) is 0 Å². The van der Waals surface area contributed by atoms with Crippen molar-refractivity contribution >= 4 is 32.3 Å². The first-order valence-electron chi connectivity index (χ1n) is 1.96. The second kappa shape index (κ2) is 5.69. The predicted octanol–water partition coefficient (Wildman–Crippen LogP) is 0.653. The molecule has 0 saturated carbocycles. The van der Waals surface area contributed by atoms with Crippen molar-refractivity contribution in [3.8, 4) is 0 Å². The summed E-state index contributed by atoms with van der Waals surface area (Å²) in [6.07, 6.45) is 0. The van der Waals surface area contributed by atoms with E-state index >= 15 is 0 Å². The summed E-state index contributed by atoms with van der Waals surface area (Å²) in [5.74, 6) is 0. The van der Waals surface area contributed by atoms with Crippen LogP contribution in [0.25, 0.3) is 0 Å². The number of phosphoric acid groups is 1. The SMILES string of the molecule is COP(=O)(OC)OC.[Sb]. The Bertz CT molecular complexity index is 87.0. The van der Waals surface area contributed by atoms with Crippen molar-refractivity contribution in [1.29, 1.82) is 0 Å². The van der Waals surface area contributed by atoms with E-state index in [0.717, 1.165) is 0 Å². The van der Waals surface area contributed by atoms with Crippen LogP contribution in [0.5, 0.6) is 0 Å². The molecule has 3 radical (unpaired) electrons. The van der Waals surface area contributed by atoms with Crippen molar-refractivity contribution in [2.24, 2.45) is 0 Å². The van der Waals surface area contributed by atoms with Crippen LogP contribution in [0, 0.1) is 0 Å². The minimum absolute atomic E-state index is 0. The summed E-state index contributed by atoms with van der Waals surface area (Å²) < 4.78 is 23.7. The van der Waals surface area contributed by atoms with Crippen LogP contribution < -0.4 is 0 Å². The number of rotatable bonds is 3. The quantitative estimate of drug-likeness (QED) is 0.553. The molecule has 0 aromatic rings. The monoisotopic (exact) mass is 261 g/mol. The molecule has 4 nitrogen and oxygen atoms in total. The third kappa shape index (κ3) is 4.35. The predicted molar refractivity (Wildman–Crippen MR) is 34.4 cm³/mol. The van der Waals surface area contributed by atoms with Crippen LogP contribution in [0.1, 0.15) is 0 Å². The summed E-state index contributed by atoms with van der Waals surface area (Å²) in [6.45, 7) is 0. The molecule has 0 aromatic heterocycles. The van der Waals surface area contributed by atoms with Crippen LogP contribution in [0.2, 0.25) is 0 Å². The zero-order valence-electron chi connectivity index (χ0n) is 5.53. The van der Waals surface area contributed by atoms with E-state index in [9.17, 15) is 4.57 Å². The molecule has 0 heterocycles. The van der Waals surface area contributed by atoms with Crippen LogP contribution in [0.3, 0.4) is 0 Å². The first-order valence-corrected chi connectivity index (χ1v) is 3.42. The molecule has 0 amide bonds. The Labute approximate surface area is 71.9 Å². The van der Waals surface area contributed by atoms with Gasteiger partial charge in [-0.25, -0.2) is 4.57 Å². The van der Waals surface area contributed by atoms with Gasteiger partial charge in [0, 0.05) is 45.8 Å². The molecule has 0 rings (SSSR count). The third-order valence-electron chi connectivity index (χ3n) is 0.671. The van der Waals surface area contributed by atoms with Gasteiger partial charge in [-0.3, -0.25) is 13.6 Å². The average molecular weight is 262 g/mol. The fraction of sp³-hybridized carbons (Fsp3) is 1.00. The molecule has 0 aliphatic carbocycles. The average Bonchev–Trinajstić information content (AvgIpc) is 1.87. The number of phosphoric ester groups is 1. The van der Waals surface area contributed by atoms with Crippen molar-refractivity contribution in [3.05, 3.63) is 0 Å². The Morgan fingerprint density at radius 3 is 1.22 bits per heavy atom.